The number of anilines is 1. The summed E-state index contributed by atoms with van der Waals surface area (Å²) in [6.45, 7) is 4.68. The van der Waals surface area contributed by atoms with Gasteiger partial charge in [-0.15, -0.1) is 0 Å². The molecule has 2 N–H and O–H groups in total. The fourth-order valence-electron chi connectivity index (χ4n) is 1.75. The van der Waals surface area contributed by atoms with E-state index in [1.54, 1.807) is 0 Å². The van der Waals surface area contributed by atoms with E-state index in [9.17, 15) is 9.50 Å². The molecule has 106 valence electrons. The molecule has 1 aromatic heterocycles. The summed E-state index contributed by atoms with van der Waals surface area (Å²) in [7, 11) is 0. The quantitative estimate of drug-likeness (QED) is 0.887. The van der Waals surface area contributed by atoms with Crippen molar-refractivity contribution in [2.24, 2.45) is 0 Å². The summed E-state index contributed by atoms with van der Waals surface area (Å²) < 4.78 is 14.1. The first-order valence-corrected chi connectivity index (χ1v) is 7.08. The third-order valence-electron chi connectivity index (χ3n) is 2.70. The highest BCUT2D eigenvalue weighted by atomic mass is 79.9. The van der Waals surface area contributed by atoms with Gasteiger partial charge in [-0.3, -0.25) is 0 Å². The van der Waals surface area contributed by atoms with E-state index in [2.05, 4.69) is 38.1 Å². The fourth-order valence-corrected chi connectivity index (χ4v) is 2.07. The molecule has 0 aliphatic rings. The van der Waals surface area contributed by atoms with Crippen LogP contribution < -0.4 is 5.32 Å². The van der Waals surface area contributed by atoms with Gasteiger partial charge < -0.3 is 10.4 Å². The lowest BCUT2D eigenvalue weighted by atomic mass is 10.2. The number of hydrogen-bond donors (Lipinski definition) is 2. The van der Waals surface area contributed by atoms with Crippen LogP contribution in [0.25, 0.3) is 11.4 Å². The van der Waals surface area contributed by atoms with Crippen molar-refractivity contribution >= 4 is 21.7 Å². The van der Waals surface area contributed by atoms with Crippen LogP contribution >= 0.6 is 15.9 Å². The van der Waals surface area contributed by atoms with Gasteiger partial charge in [0, 0.05) is 18.2 Å². The van der Waals surface area contributed by atoms with E-state index in [1.807, 2.05) is 6.92 Å². The number of aromatic hydroxyl groups is 1. The minimum absolute atomic E-state index is 0.146. The zero-order valence-corrected chi connectivity index (χ0v) is 12.8. The van der Waals surface area contributed by atoms with Crippen LogP contribution in [0.15, 0.2) is 22.7 Å². The van der Waals surface area contributed by atoms with Crippen LogP contribution in [0.2, 0.25) is 0 Å². The maximum absolute atomic E-state index is 13.4. The number of phenolic OH excluding ortho intramolecular Hbond substituents is 1. The lowest BCUT2D eigenvalue weighted by Crippen LogP contribution is -2.06. The van der Waals surface area contributed by atoms with Crippen molar-refractivity contribution in [3.05, 3.63) is 34.2 Å². The molecule has 0 fully saturated rings. The molecule has 6 heteroatoms. The molecular weight excluding hydrogens is 325 g/mol. The fraction of sp³-hybridized carbons (Fsp3) is 0.286. The number of phenols is 1. The van der Waals surface area contributed by atoms with Crippen molar-refractivity contribution < 1.29 is 9.50 Å². The van der Waals surface area contributed by atoms with Crippen LogP contribution in [-0.2, 0) is 0 Å². The smallest absolute Gasteiger partial charge is 0.162 e. The van der Waals surface area contributed by atoms with Crippen molar-refractivity contribution in [2.75, 3.05) is 11.9 Å². The Kier molecular flexibility index (Phi) is 4.54. The molecule has 20 heavy (non-hydrogen) atoms. The summed E-state index contributed by atoms with van der Waals surface area (Å²) >= 11 is 3.44. The molecule has 1 aromatic carbocycles. The summed E-state index contributed by atoms with van der Waals surface area (Å²) in [6, 6.07) is 3.78. The number of benzene rings is 1. The molecule has 2 rings (SSSR count). The van der Waals surface area contributed by atoms with Crippen molar-refractivity contribution in [3.63, 3.8) is 0 Å². The third kappa shape index (κ3) is 3.25. The summed E-state index contributed by atoms with van der Waals surface area (Å²) in [5.74, 6) is 0.372. The topological polar surface area (TPSA) is 58.0 Å². The predicted molar refractivity (Wildman–Crippen MR) is 80.3 cm³/mol. The summed E-state index contributed by atoms with van der Waals surface area (Å²) in [5, 5.41) is 12.7. The van der Waals surface area contributed by atoms with E-state index in [1.165, 1.54) is 12.1 Å². The van der Waals surface area contributed by atoms with Crippen molar-refractivity contribution in [1.29, 1.82) is 0 Å². The number of halogens is 2. The number of nitrogens with one attached hydrogen (secondary N) is 1. The van der Waals surface area contributed by atoms with Gasteiger partial charge in [-0.1, -0.05) is 6.92 Å². The maximum atomic E-state index is 13.4. The minimum Gasteiger partial charge on any atom is -0.508 e. The van der Waals surface area contributed by atoms with Gasteiger partial charge in [0.25, 0.3) is 0 Å². The van der Waals surface area contributed by atoms with E-state index in [0.29, 0.717) is 17.2 Å². The van der Waals surface area contributed by atoms with Crippen molar-refractivity contribution in [1.82, 2.24) is 9.97 Å². The third-order valence-corrected chi connectivity index (χ3v) is 3.65. The largest absolute Gasteiger partial charge is 0.508 e. The molecular formula is C14H15BrFN3O. The van der Waals surface area contributed by atoms with Crippen LogP contribution in [0.4, 0.5) is 10.2 Å². The molecule has 0 bridgehead atoms. The lowest BCUT2D eigenvalue weighted by Gasteiger charge is -2.11. The van der Waals surface area contributed by atoms with Gasteiger partial charge >= 0.3 is 0 Å². The molecule has 0 spiro atoms. The molecule has 0 saturated heterocycles. The number of rotatable bonds is 4. The van der Waals surface area contributed by atoms with Gasteiger partial charge in [-0.2, -0.15) is 0 Å². The van der Waals surface area contributed by atoms with Gasteiger partial charge in [0.05, 0.1) is 10.2 Å². The van der Waals surface area contributed by atoms with Crippen LogP contribution in [0.5, 0.6) is 5.75 Å². The molecule has 0 saturated carbocycles. The Balaban J connectivity index is 2.48. The molecule has 4 nitrogen and oxygen atoms in total. The second-order valence-electron chi connectivity index (χ2n) is 4.42. The standard InChI is InChI=1S/C14H15BrFN3O/c1-3-4-17-14-12(15)8(2)18-13(19-14)9-5-10(16)7-11(20)6-9/h5-7,20H,3-4H2,1-2H3,(H,17,18,19). The maximum Gasteiger partial charge on any atom is 0.162 e. The van der Waals surface area contributed by atoms with Gasteiger partial charge in [0.2, 0.25) is 0 Å². The van der Waals surface area contributed by atoms with E-state index in [-0.39, 0.29) is 5.75 Å². The molecule has 1 heterocycles. The summed E-state index contributed by atoms with van der Waals surface area (Å²) in [6.07, 6.45) is 0.964. The Morgan fingerprint density at radius 1 is 1.30 bits per heavy atom. The Morgan fingerprint density at radius 2 is 2.05 bits per heavy atom. The second kappa shape index (κ2) is 6.17. The average molecular weight is 340 g/mol. The van der Waals surface area contributed by atoms with Crippen molar-refractivity contribution in [2.45, 2.75) is 20.3 Å². The van der Waals surface area contributed by atoms with Crippen LogP contribution in [0, 0.1) is 12.7 Å². The Labute approximate surface area is 125 Å². The highest BCUT2D eigenvalue weighted by Gasteiger charge is 2.12. The second-order valence-corrected chi connectivity index (χ2v) is 5.21. The normalized spacial score (nSPS) is 10.6. The Hall–Kier alpha value is -1.69. The van der Waals surface area contributed by atoms with Crippen LogP contribution in [-0.4, -0.2) is 21.6 Å². The van der Waals surface area contributed by atoms with E-state index >= 15 is 0 Å². The van der Waals surface area contributed by atoms with Crippen molar-refractivity contribution in [3.8, 4) is 17.1 Å². The number of nitrogens with zero attached hydrogens (tertiary/aromatic N) is 2. The molecule has 0 amide bonds. The van der Waals surface area contributed by atoms with E-state index < -0.39 is 5.82 Å². The molecule has 2 aromatic rings. The first kappa shape index (κ1) is 14.7. The highest BCUT2D eigenvalue weighted by molar-refractivity contribution is 9.10. The van der Waals surface area contributed by atoms with Crippen LogP contribution in [0.3, 0.4) is 0 Å². The van der Waals surface area contributed by atoms with E-state index in [0.717, 1.165) is 29.2 Å². The zero-order chi connectivity index (χ0) is 14.7. The number of aryl methyl sites for hydroxylation is 1. The Morgan fingerprint density at radius 3 is 2.70 bits per heavy atom. The molecule has 0 aliphatic carbocycles. The first-order chi connectivity index (χ1) is 9.51. The molecule has 0 atom stereocenters. The predicted octanol–water partition coefficient (Wildman–Crippen LogP) is 3.88. The monoisotopic (exact) mass is 339 g/mol. The number of hydrogen-bond acceptors (Lipinski definition) is 4. The van der Waals surface area contributed by atoms with Gasteiger partial charge in [-0.05, 0) is 41.4 Å². The highest BCUT2D eigenvalue weighted by Crippen LogP contribution is 2.28. The van der Waals surface area contributed by atoms with Gasteiger partial charge in [-0.25, -0.2) is 14.4 Å². The van der Waals surface area contributed by atoms with E-state index in [4.69, 9.17) is 0 Å². The van der Waals surface area contributed by atoms with Gasteiger partial charge in [0.1, 0.15) is 17.4 Å². The summed E-state index contributed by atoms with van der Waals surface area (Å²) in [4.78, 5) is 8.69. The zero-order valence-electron chi connectivity index (χ0n) is 11.2. The molecule has 0 unspecified atom stereocenters. The van der Waals surface area contributed by atoms with Crippen LogP contribution in [0.1, 0.15) is 19.0 Å². The number of aromatic nitrogens is 2. The molecule has 0 radical (unpaired) electrons. The Bertz CT molecular complexity index is 614. The minimum atomic E-state index is -0.521. The SMILES string of the molecule is CCCNc1nc(-c2cc(O)cc(F)c2)nc(C)c1Br. The van der Waals surface area contributed by atoms with Gasteiger partial charge in [0.15, 0.2) is 5.82 Å². The average Bonchev–Trinajstić information content (AvgIpc) is 2.39. The molecule has 0 aliphatic heterocycles. The summed E-state index contributed by atoms with van der Waals surface area (Å²) in [5.41, 5.74) is 1.19. The first-order valence-electron chi connectivity index (χ1n) is 6.29. The lowest BCUT2D eigenvalue weighted by molar-refractivity contribution is 0.469.